The average molecular weight is 552 g/mol. The summed E-state index contributed by atoms with van der Waals surface area (Å²) in [5, 5.41) is 5.92. The molecule has 3 unspecified atom stereocenters. The monoisotopic (exact) mass is 551 g/mol. The van der Waals surface area contributed by atoms with Gasteiger partial charge in [0.25, 0.3) is 5.91 Å². The van der Waals surface area contributed by atoms with Crippen molar-refractivity contribution < 1.29 is 19.1 Å². The molecule has 0 saturated heterocycles. The van der Waals surface area contributed by atoms with Crippen LogP contribution in [0.2, 0.25) is 0 Å². The number of hydrogen-bond donors (Lipinski definition) is 2. The first-order valence-corrected chi connectivity index (χ1v) is 14.6. The third-order valence-corrected chi connectivity index (χ3v) is 7.13. The Bertz CT molecular complexity index is 1120. The highest BCUT2D eigenvalue weighted by atomic mass is 16.6. The molecule has 220 valence electrons. The summed E-state index contributed by atoms with van der Waals surface area (Å²) in [5.41, 5.74) is 2.61. The van der Waals surface area contributed by atoms with Crippen molar-refractivity contribution in [2.45, 2.75) is 105 Å². The van der Waals surface area contributed by atoms with Gasteiger partial charge >= 0.3 is 6.09 Å². The lowest BCUT2D eigenvalue weighted by Crippen LogP contribution is -2.55. The third kappa shape index (κ3) is 9.68. The molecule has 3 atom stereocenters. The number of ether oxygens (including phenoxy) is 1. The highest BCUT2D eigenvalue weighted by Gasteiger charge is 2.38. The zero-order chi connectivity index (χ0) is 29.9. The van der Waals surface area contributed by atoms with Gasteiger partial charge in [0.1, 0.15) is 17.7 Å². The van der Waals surface area contributed by atoms with Crippen LogP contribution in [0, 0.1) is 19.8 Å². The Morgan fingerprint density at radius 3 is 2.10 bits per heavy atom. The Kier molecular flexibility index (Phi) is 12.7. The Morgan fingerprint density at radius 1 is 0.900 bits per heavy atom. The van der Waals surface area contributed by atoms with Crippen molar-refractivity contribution >= 4 is 23.6 Å². The van der Waals surface area contributed by atoms with Crippen molar-refractivity contribution in [2.24, 2.45) is 5.92 Å². The van der Waals surface area contributed by atoms with Gasteiger partial charge in [0.15, 0.2) is 0 Å². The number of rotatable bonds is 13. The number of unbranched alkanes of at least 4 members (excludes halogenated alkanes) is 3. The van der Waals surface area contributed by atoms with Crippen LogP contribution in [0.4, 0.5) is 10.5 Å². The maximum absolute atomic E-state index is 14.4. The summed E-state index contributed by atoms with van der Waals surface area (Å²) in [4.78, 5) is 43.0. The summed E-state index contributed by atoms with van der Waals surface area (Å²) >= 11 is 0. The maximum atomic E-state index is 14.4. The first-order chi connectivity index (χ1) is 18.9. The maximum Gasteiger partial charge on any atom is 0.408 e. The molecule has 0 radical (unpaired) electrons. The number of amides is 3. The van der Waals surface area contributed by atoms with Gasteiger partial charge in [-0.2, -0.15) is 0 Å². The van der Waals surface area contributed by atoms with E-state index in [2.05, 4.69) is 17.6 Å². The molecule has 0 aromatic heterocycles. The molecule has 2 rings (SSSR count). The number of alkyl carbamates (subject to hydrolysis) is 1. The first kappa shape index (κ1) is 32.9. The molecular weight excluding hydrogens is 502 g/mol. The van der Waals surface area contributed by atoms with E-state index in [0.29, 0.717) is 18.7 Å². The third-order valence-electron chi connectivity index (χ3n) is 7.13. The lowest BCUT2D eigenvalue weighted by molar-refractivity contribution is -0.142. The molecular formula is C33H49N3O4. The van der Waals surface area contributed by atoms with Crippen molar-refractivity contribution in [3.63, 3.8) is 0 Å². The summed E-state index contributed by atoms with van der Waals surface area (Å²) in [6, 6.07) is 13.6. The van der Waals surface area contributed by atoms with E-state index in [-0.39, 0.29) is 17.7 Å². The molecule has 2 aromatic rings. The molecule has 0 saturated carbocycles. The van der Waals surface area contributed by atoms with Gasteiger partial charge in [0, 0.05) is 12.2 Å². The summed E-state index contributed by atoms with van der Waals surface area (Å²) in [6.45, 7) is 15.7. The number of anilines is 1. The molecule has 0 fully saturated rings. The van der Waals surface area contributed by atoms with Crippen molar-refractivity contribution in [2.75, 3.05) is 11.9 Å². The molecule has 7 nitrogen and oxygen atoms in total. The lowest BCUT2D eigenvalue weighted by Gasteiger charge is -2.36. The van der Waals surface area contributed by atoms with Gasteiger partial charge in [-0.15, -0.1) is 0 Å². The van der Waals surface area contributed by atoms with Crippen LogP contribution in [0.25, 0.3) is 0 Å². The fourth-order valence-electron chi connectivity index (χ4n) is 4.63. The number of aryl methyl sites for hydroxylation is 2. The molecule has 0 spiro atoms. The molecule has 0 aliphatic carbocycles. The minimum Gasteiger partial charge on any atom is -0.444 e. The van der Waals surface area contributed by atoms with Crippen LogP contribution in [0.3, 0.4) is 0 Å². The molecule has 0 aliphatic rings. The number of benzene rings is 2. The van der Waals surface area contributed by atoms with E-state index in [1.165, 1.54) is 0 Å². The second kappa shape index (κ2) is 15.4. The Labute approximate surface area is 241 Å². The van der Waals surface area contributed by atoms with Gasteiger partial charge in [-0.25, -0.2) is 4.79 Å². The molecule has 0 heterocycles. The fraction of sp³-hybridized carbons (Fsp3) is 0.545. The van der Waals surface area contributed by atoms with E-state index >= 15 is 0 Å². The van der Waals surface area contributed by atoms with Gasteiger partial charge in [0.2, 0.25) is 5.91 Å². The second-order valence-electron chi connectivity index (χ2n) is 11.7. The van der Waals surface area contributed by atoms with Crippen LogP contribution in [0.15, 0.2) is 48.5 Å². The van der Waals surface area contributed by atoms with Crippen LogP contribution in [-0.2, 0) is 14.3 Å². The van der Waals surface area contributed by atoms with E-state index in [0.717, 1.165) is 42.4 Å². The van der Waals surface area contributed by atoms with Crippen LogP contribution >= 0.6 is 0 Å². The number of carbonyl (C=O) groups excluding carboxylic acids is 3. The Hall–Kier alpha value is -3.35. The van der Waals surface area contributed by atoms with Gasteiger partial charge in [-0.3, -0.25) is 9.59 Å². The number of nitrogens with one attached hydrogen (secondary N) is 2. The van der Waals surface area contributed by atoms with Crippen LogP contribution in [0.5, 0.6) is 0 Å². The van der Waals surface area contributed by atoms with Gasteiger partial charge in [-0.05, 0) is 69.7 Å². The molecule has 2 N–H and O–H groups in total. The smallest absolute Gasteiger partial charge is 0.408 e. The van der Waals surface area contributed by atoms with Gasteiger partial charge in [-0.1, -0.05) is 88.9 Å². The molecule has 3 amide bonds. The van der Waals surface area contributed by atoms with Crippen molar-refractivity contribution in [3.05, 3.63) is 65.2 Å². The SMILES string of the molecule is CCCCCCN(C(=O)C(NC(=O)OC(C)(C)C)C(C)CC)C(C(=O)Nc1ccccc1C)c1ccccc1C. The molecule has 40 heavy (non-hydrogen) atoms. The second-order valence-corrected chi connectivity index (χ2v) is 11.7. The number of nitrogens with zero attached hydrogens (tertiary/aromatic N) is 1. The van der Waals surface area contributed by atoms with Gasteiger partial charge in [0.05, 0.1) is 0 Å². The van der Waals surface area contributed by atoms with E-state index in [9.17, 15) is 14.4 Å². The van der Waals surface area contributed by atoms with Crippen LogP contribution in [0.1, 0.15) is 96.4 Å². The minimum atomic E-state index is -0.873. The Balaban J connectivity index is 2.58. The standard InChI is InChI=1S/C33H49N3O4/c1-9-11-12-17-22-36(31(38)28(23(3)10-2)35-32(39)40-33(6,7)8)29(26-20-15-13-18-24(26)4)30(37)34-27-21-16-14-19-25(27)5/h13-16,18-21,23,28-29H,9-12,17,22H2,1-8H3,(H,34,37)(H,35,39). The summed E-state index contributed by atoms with van der Waals surface area (Å²) < 4.78 is 5.51. The highest BCUT2D eigenvalue weighted by molar-refractivity contribution is 5.99. The first-order valence-electron chi connectivity index (χ1n) is 14.6. The average Bonchev–Trinajstić information content (AvgIpc) is 2.89. The topological polar surface area (TPSA) is 87.7 Å². The van der Waals surface area contributed by atoms with Gasteiger partial charge < -0.3 is 20.3 Å². The number of para-hydroxylation sites is 1. The van der Waals surface area contributed by atoms with E-state index in [1.54, 1.807) is 25.7 Å². The molecule has 0 bridgehead atoms. The van der Waals surface area contributed by atoms with Crippen molar-refractivity contribution in [1.29, 1.82) is 0 Å². The highest BCUT2D eigenvalue weighted by Crippen LogP contribution is 2.29. The quantitative estimate of drug-likeness (QED) is 0.255. The zero-order valence-corrected chi connectivity index (χ0v) is 25.7. The van der Waals surface area contributed by atoms with E-state index < -0.39 is 23.8 Å². The fourth-order valence-corrected chi connectivity index (χ4v) is 4.63. The largest absolute Gasteiger partial charge is 0.444 e. The summed E-state index contributed by atoms with van der Waals surface area (Å²) in [6.07, 6.45) is 3.80. The summed E-state index contributed by atoms with van der Waals surface area (Å²) in [5.74, 6) is -0.743. The molecule has 0 aliphatic heterocycles. The number of carbonyl (C=O) groups is 3. The predicted molar refractivity (Wildman–Crippen MR) is 162 cm³/mol. The zero-order valence-electron chi connectivity index (χ0n) is 25.7. The summed E-state index contributed by atoms with van der Waals surface area (Å²) in [7, 11) is 0. The lowest BCUT2D eigenvalue weighted by atomic mass is 9.94. The molecule has 2 aromatic carbocycles. The van der Waals surface area contributed by atoms with Crippen LogP contribution < -0.4 is 10.6 Å². The normalized spacial score (nSPS) is 13.6. The van der Waals surface area contributed by atoms with E-state index in [1.807, 2.05) is 76.2 Å². The van der Waals surface area contributed by atoms with Crippen LogP contribution in [-0.4, -0.2) is 41.0 Å². The molecule has 7 heteroatoms. The predicted octanol–water partition coefficient (Wildman–Crippen LogP) is 7.33. The Morgan fingerprint density at radius 2 is 1.52 bits per heavy atom. The van der Waals surface area contributed by atoms with E-state index in [4.69, 9.17) is 4.74 Å². The number of hydrogen-bond acceptors (Lipinski definition) is 4. The minimum absolute atomic E-state index is 0.171. The van der Waals surface area contributed by atoms with Crippen molar-refractivity contribution in [3.8, 4) is 0 Å². The van der Waals surface area contributed by atoms with Crippen molar-refractivity contribution in [1.82, 2.24) is 10.2 Å².